The van der Waals surface area contributed by atoms with E-state index in [1.54, 1.807) is 29.6 Å². The van der Waals surface area contributed by atoms with Gasteiger partial charge in [-0.25, -0.2) is 9.37 Å². The molecule has 1 atom stereocenters. The monoisotopic (exact) mass is 236 g/mol. The molecule has 0 fully saturated rings. The molecular weight excluding hydrogens is 227 g/mol. The molecule has 1 heterocycles. The summed E-state index contributed by atoms with van der Waals surface area (Å²) in [6.07, 6.45) is -0.234. The maximum absolute atomic E-state index is 13.6. The smallest absolute Gasteiger partial charge is 0.266 e. The van der Waals surface area contributed by atoms with Crippen LogP contribution in [0.15, 0.2) is 41.9 Å². The molecule has 0 bridgehead atoms. The van der Waals surface area contributed by atoms with Gasteiger partial charge in [0.05, 0.1) is 0 Å². The lowest BCUT2D eigenvalue weighted by Gasteiger charge is -2.06. The molecule has 0 aliphatic carbocycles. The van der Waals surface area contributed by atoms with E-state index >= 15 is 0 Å². The van der Waals surface area contributed by atoms with Gasteiger partial charge in [0, 0.05) is 17.3 Å². The Bertz CT molecular complexity index is 458. The van der Waals surface area contributed by atoms with Crippen LogP contribution in [0.2, 0.25) is 0 Å². The lowest BCUT2D eigenvalue weighted by molar-refractivity contribution is -0.121. The number of aromatic nitrogens is 1. The molecular formula is C11H9FN2OS. The SMILES string of the molecule is O=C(Nc1ccccc1)C(F)c1nccs1. The largest absolute Gasteiger partial charge is 0.323 e. The van der Waals surface area contributed by atoms with E-state index in [-0.39, 0.29) is 5.01 Å². The number of carbonyl (C=O) groups excluding carboxylic acids is 1. The number of hydrogen-bond donors (Lipinski definition) is 1. The Balaban J connectivity index is 2.04. The molecule has 1 unspecified atom stereocenters. The van der Waals surface area contributed by atoms with Gasteiger partial charge in [0.2, 0.25) is 6.17 Å². The van der Waals surface area contributed by atoms with E-state index in [2.05, 4.69) is 10.3 Å². The Morgan fingerprint density at radius 3 is 2.75 bits per heavy atom. The molecule has 1 aromatic carbocycles. The Kier molecular flexibility index (Phi) is 3.26. The molecule has 16 heavy (non-hydrogen) atoms. The Hall–Kier alpha value is -1.75. The second-order valence-corrected chi connectivity index (χ2v) is 4.01. The van der Waals surface area contributed by atoms with E-state index in [1.807, 2.05) is 6.07 Å². The number of nitrogens with one attached hydrogen (secondary N) is 1. The normalized spacial score (nSPS) is 12.1. The predicted molar refractivity (Wildman–Crippen MR) is 61.0 cm³/mol. The zero-order chi connectivity index (χ0) is 11.4. The van der Waals surface area contributed by atoms with Gasteiger partial charge >= 0.3 is 0 Å². The van der Waals surface area contributed by atoms with Crippen molar-refractivity contribution in [1.29, 1.82) is 0 Å². The molecule has 1 amide bonds. The first-order valence-corrected chi connectivity index (χ1v) is 5.54. The summed E-state index contributed by atoms with van der Waals surface area (Å²) in [4.78, 5) is 15.3. The molecule has 0 radical (unpaired) electrons. The number of thiazole rings is 1. The third-order valence-electron chi connectivity index (χ3n) is 1.94. The van der Waals surface area contributed by atoms with E-state index < -0.39 is 12.1 Å². The van der Waals surface area contributed by atoms with Crippen molar-refractivity contribution in [1.82, 2.24) is 4.98 Å². The third-order valence-corrected chi connectivity index (χ3v) is 2.75. The van der Waals surface area contributed by atoms with E-state index in [0.717, 1.165) is 11.3 Å². The fraction of sp³-hybridized carbons (Fsp3) is 0.0909. The lowest BCUT2D eigenvalue weighted by Crippen LogP contribution is -2.17. The van der Waals surface area contributed by atoms with Crippen molar-refractivity contribution in [3.63, 3.8) is 0 Å². The number of rotatable bonds is 3. The lowest BCUT2D eigenvalue weighted by atomic mass is 10.3. The second kappa shape index (κ2) is 4.85. The summed E-state index contributed by atoms with van der Waals surface area (Å²) in [5.74, 6) is -0.693. The quantitative estimate of drug-likeness (QED) is 0.890. The molecule has 2 rings (SSSR count). The molecule has 82 valence electrons. The summed E-state index contributed by atoms with van der Waals surface area (Å²) in [7, 11) is 0. The van der Waals surface area contributed by atoms with Gasteiger partial charge in [-0.05, 0) is 12.1 Å². The van der Waals surface area contributed by atoms with Crippen molar-refractivity contribution in [2.24, 2.45) is 0 Å². The minimum Gasteiger partial charge on any atom is -0.323 e. The number of para-hydroxylation sites is 1. The van der Waals surface area contributed by atoms with Crippen LogP contribution in [0.4, 0.5) is 10.1 Å². The van der Waals surface area contributed by atoms with Crippen molar-refractivity contribution in [2.75, 3.05) is 5.32 Å². The summed E-state index contributed by atoms with van der Waals surface area (Å²) in [6.45, 7) is 0. The molecule has 2 aromatic rings. The highest BCUT2D eigenvalue weighted by atomic mass is 32.1. The van der Waals surface area contributed by atoms with Crippen LogP contribution in [0, 0.1) is 0 Å². The van der Waals surface area contributed by atoms with E-state index in [1.165, 1.54) is 6.20 Å². The molecule has 0 saturated heterocycles. The minimum atomic E-state index is -1.71. The van der Waals surface area contributed by atoms with Crippen molar-refractivity contribution in [3.8, 4) is 0 Å². The number of alkyl halides is 1. The number of nitrogens with zero attached hydrogens (tertiary/aromatic N) is 1. The average molecular weight is 236 g/mol. The van der Waals surface area contributed by atoms with Crippen LogP contribution in [0.5, 0.6) is 0 Å². The van der Waals surface area contributed by atoms with Gasteiger partial charge in [0.1, 0.15) is 5.01 Å². The Morgan fingerprint density at radius 2 is 2.12 bits per heavy atom. The zero-order valence-electron chi connectivity index (χ0n) is 8.26. The average Bonchev–Trinajstić information content (AvgIpc) is 2.83. The summed E-state index contributed by atoms with van der Waals surface area (Å²) in [5.41, 5.74) is 0.576. The first-order chi connectivity index (χ1) is 7.77. The van der Waals surface area contributed by atoms with Gasteiger partial charge < -0.3 is 5.32 Å². The highest BCUT2D eigenvalue weighted by molar-refractivity contribution is 7.09. The van der Waals surface area contributed by atoms with Gasteiger partial charge in [-0.3, -0.25) is 4.79 Å². The third kappa shape index (κ3) is 2.43. The van der Waals surface area contributed by atoms with Crippen molar-refractivity contribution >= 4 is 22.9 Å². The maximum Gasteiger partial charge on any atom is 0.266 e. The number of carbonyl (C=O) groups is 1. The van der Waals surface area contributed by atoms with Crippen molar-refractivity contribution < 1.29 is 9.18 Å². The Morgan fingerprint density at radius 1 is 1.38 bits per heavy atom. The number of amides is 1. The topological polar surface area (TPSA) is 42.0 Å². The van der Waals surface area contributed by atoms with Gasteiger partial charge in [-0.2, -0.15) is 0 Å². The van der Waals surface area contributed by atoms with Crippen molar-refractivity contribution in [3.05, 3.63) is 46.9 Å². The maximum atomic E-state index is 13.6. The molecule has 5 heteroatoms. The molecule has 0 spiro atoms. The molecule has 0 aliphatic heterocycles. The van der Waals surface area contributed by atoms with Crippen LogP contribution in [0.25, 0.3) is 0 Å². The highest BCUT2D eigenvalue weighted by Gasteiger charge is 2.21. The summed E-state index contributed by atoms with van der Waals surface area (Å²) >= 11 is 1.12. The number of halogens is 1. The van der Waals surface area contributed by atoms with Crippen molar-refractivity contribution in [2.45, 2.75) is 6.17 Å². The fourth-order valence-electron chi connectivity index (χ4n) is 1.20. The molecule has 0 saturated carbocycles. The van der Waals surface area contributed by atoms with E-state index in [4.69, 9.17) is 0 Å². The fourth-order valence-corrected chi connectivity index (χ4v) is 1.81. The van der Waals surface area contributed by atoms with Gasteiger partial charge in [-0.15, -0.1) is 11.3 Å². The predicted octanol–water partition coefficient (Wildman–Crippen LogP) is 2.79. The number of benzene rings is 1. The first-order valence-electron chi connectivity index (χ1n) is 4.67. The number of hydrogen-bond acceptors (Lipinski definition) is 3. The standard InChI is InChI=1S/C11H9FN2OS/c12-9(11-13-6-7-16-11)10(15)14-8-4-2-1-3-5-8/h1-7,9H,(H,14,15). The van der Waals surface area contributed by atoms with Crippen LogP contribution in [-0.2, 0) is 4.79 Å². The van der Waals surface area contributed by atoms with Crippen LogP contribution in [0.1, 0.15) is 11.2 Å². The molecule has 1 N–H and O–H groups in total. The van der Waals surface area contributed by atoms with Crippen LogP contribution in [-0.4, -0.2) is 10.9 Å². The zero-order valence-corrected chi connectivity index (χ0v) is 9.08. The molecule has 3 nitrogen and oxygen atoms in total. The van der Waals surface area contributed by atoms with Gasteiger partial charge in [-0.1, -0.05) is 18.2 Å². The minimum absolute atomic E-state index is 0.174. The second-order valence-electron chi connectivity index (χ2n) is 3.09. The van der Waals surface area contributed by atoms with Gasteiger partial charge in [0.15, 0.2) is 0 Å². The summed E-state index contributed by atoms with van der Waals surface area (Å²) < 4.78 is 13.6. The van der Waals surface area contributed by atoms with Crippen LogP contribution < -0.4 is 5.32 Å². The number of anilines is 1. The first kappa shape index (κ1) is 10.8. The van der Waals surface area contributed by atoms with E-state index in [9.17, 15) is 9.18 Å². The van der Waals surface area contributed by atoms with Gasteiger partial charge in [0.25, 0.3) is 5.91 Å². The van der Waals surface area contributed by atoms with Crippen LogP contribution in [0.3, 0.4) is 0 Å². The highest BCUT2D eigenvalue weighted by Crippen LogP contribution is 2.21. The van der Waals surface area contributed by atoms with E-state index in [0.29, 0.717) is 5.69 Å². The summed E-state index contributed by atoms with van der Waals surface area (Å²) in [6, 6.07) is 8.76. The molecule has 0 aliphatic rings. The molecule has 1 aromatic heterocycles. The van der Waals surface area contributed by atoms with Crippen LogP contribution >= 0.6 is 11.3 Å². The summed E-state index contributed by atoms with van der Waals surface area (Å²) in [5, 5.41) is 4.29. The Labute approximate surface area is 96.0 Å².